The van der Waals surface area contributed by atoms with E-state index >= 15 is 0 Å². The molecule has 1 aromatic rings. The Morgan fingerprint density at radius 3 is 2.64 bits per heavy atom. The van der Waals surface area contributed by atoms with E-state index in [0.717, 1.165) is 54.6 Å². The van der Waals surface area contributed by atoms with E-state index in [1.54, 1.807) is 0 Å². The summed E-state index contributed by atoms with van der Waals surface area (Å²) in [5, 5.41) is 8.78. The zero-order chi connectivity index (χ0) is 18.2. The molecule has 0 radical (unpaired) electrons. The first-order valence-corrected chi connectivity index (χ1v) is 9.60. The summed E-state index contributed by atoms with van der Waals surface area (Å²) in [6.45, 7) is 6.85. The minimum absolute atomic E-state index is 0.0796. The number of hydrogen-bond donors (Lipinski definition) is 3. The second-order valence-electron chi connectivity index (χ2n) is 6.46. The molecule has 0 spiro atoms. The number of benzene rings is 1. The first-order valence-electron chi connectivity index (χ1n) is 8.80. The number of piperidine rings is 1. The fourth-order valence-electron chi connectivity index (χ4n) is 2.78. The molecule has 3 N–H and O–H groups in total. The summed E-state index contributed by atoms with van der Waals surface area (Å²) in [6, 6.07) is 5.70. The van der Waals surface area contributed by atoms with Crippen molar-refractivity contribution in [1.82, 2.24) is 15.5 Å². The Balaban J connectivity index is 1.71. The summed E-state index contributed by atoms with van der Waals surface area (Å²) in [5.74, 6) is 0.0796. The van der Waals surface area contributed by atoms with Crippen LogP contribution in [0.3, 0.4) is 0 Å². The van der Waals surface area contributed by atoms with Crippen molar-refractivity contribution in [3.8, 4) is 0 Å². The quantitative estimate of drug-likeness (QED) is 0.674. The second kappa shape index (κ2) is 9.77. The molecule has 6 nitrogen and oxygen atoms in total. The fraction of sp³-hybridized carbons (Fsp3) is 0.556. The van der Waals surface area contributed by atoms with Gasteiger partial charge in [0.1, 0.15) is 0 Å². The Hall–Kier alpha value is -1.60. The summed E-state index contributed by atoms with van der Waals surface area (Å²) in [5.41, 5.74) is 1.89. The predicted octanol–water partition coefficient (Wildman–Crippen LogP) is 2.87. The Kier molecular flexibility index (Phi) is 7.71. The minimum Gasteiger partial charge on any atom is -0.355 e. The molecular weight excluding hydrogens is 384 g/mol. The molecule has 3 amide bonds. The van der Waals surface area contributed by atoms with Crippen LogP contribution in [0.1, 0.15) is 31.7 Å². The Morgan fingerprint density at radius 1 is 1.28 bits per heavy atom. The lowest BCUT2D eigenvalue weighted by Gasteiger charge is -2.31. The van der Waals surface area contributed by atoms with E-state index in [1.165, 1.54) is 0 Å². The number of nitrogens with zero attached hydrogens (tertiary/aromatic N) is 1. The van der Waals surface area contributed by atoms with Gasteiger partial charge < -0.3 is 16.0 Å². The largest absolute Gasteiger partial charge is 0.355 e. The fourth-order valence-corrected chi connectivity index (χ4v) is 3.16. The molecule has 1 fully saturated rings. The molecule has 1 saturated heterocycles. The van der Waals surface area contributed by atoms with E-state index in [-0.39, 0.29) is 18.0 Å². The standard InChI is InChI=1S/C18H27BrN4O2/c1-3-8-20-17(24)12-23-9-6-14(7-10-23)21-18(25)22-15-5-4-13(2)16(19)11-15/h4-5,11,14H,3,6-10,12H2,1-2H3,(H,20,24)(H2,21,22,25). The Bertz CT molecular complexity index is 601. The van der Waals surface area contributed by atoms with Gasteiger partial charge in [-0.25, -0.2) is 4.79 Å². The molecule has 1 heterocycles. The lowest BCUT2D eigenvalue weighted by atomic mass is 10.1. The maximum absolute atomic E-state index is 12.1. The molecule has 0 bridgehead atoms. The molecule has 2 rings (SSSR count). The molecule has 25 heavy (non-hydrogen) atoms. The molecule has 0 saturated carbocycles. The number of urea groups is 1. The number of halogens is 1. The van der Waals surface area contributed by atoms with Crippen LogP contribution in [0, 0.1) is 6.92 Å². The van der Waals surface area contributed by atoms with Crippen molar-refractivity contribution in [2.75, 3.05) is 31.5 Å². The molecule has 0 unspecified atom stereocenters. The summed E-state index contributed by atoms with van der Waals surface area (Å²) in [7, 11) is 0. The van der Waals surface area contributed by atoms with Crippen LogP contribution in [0.25, 0.3) is 0 Å². The van der Waals surface area contributed by atoms with Gasteiger partial charge in [0.05, 0.1) is 6.54 Å². The van der Waals surface area contributed by atoms with Crippen LogP contribution in [0.15, 0.2) is 22.7 Å². The van der Waals surface area contributed by atoms with Crippen molar-refractivity contribution in [2.45, 2.75) is 39.2 Å². The van der Waals surface area contributed by atoms with Crippen LogP contribution in [0.2, 0.25) is 0 Å². The Morgan fingerprint density at radius 2 is 2.00 bits per heavy atom. The Labute approximate surface area is 157 Å². The van der Waals surface area contributed by atoms with Crippen LogP contribution in [0.4, 0.5) is 10.5 Å². The maximum atomic E-state index is 12.1. The summed E-state index contributed by atoms with van der Waals surface area (Å²) in [4.78, 5) is 26.0. The number of anilines is 1. The first kappa shape index (κ1) is 19.7. The molecule has 0 atom stereocenters. The van der Waals surface area contributed by atoms with Gasteiger partial charge in [0.15, 0.2) is 0 Å². The first-order chi connectivity index (χ1) is 12.0. The van der Waals surface area contributed by atoms with Crippen LogP contribution in [-0.4, -0.2) is 49.1 Å². The van der Waals surface area contributed by atoms with Crippen LogP contribution in [-0.2, 0) is 4.79 Å². The summed E-state index contributed by atoms with van der Waals surface area (Å²) in [6.07, 6.45) is 2.66. The van der Waals surface area contributed by atoms with Gasteiger partial charge in [-0.15, -0.1) is 0 Å². The highest BCUT2D eigenvalue weighted by Crippen LogP contribution is 2.20. The average Bonchev–Trinajstić information content (AvgIpc) is 2.58. The van der Waals surface area contributed by atoms with E-state index in [1.807, 2.05) is 32.0 Å². The molecular formula is C18H27BrN4O2. The zero-order valence-electron chi connectivity index (χ0n) is 14.9. The molecule has 0 aliphatic carbocycles. The number of hydrogen-bond acceptors (Lipinski definition) is 3. The molecule has 1 aliphatic rings. The van der Waals surface area contributed by atoms with Crippen molar-refractivity contribution < 1.29 is 9.59 Å². The van der Waals surface area contributed by atoms with Gasteiger partial charge in [-0.1, -0.05) is 28.9 Å². The van der Waals surface area contributed by atoms with Gasteiger partial charge in [0, 0.05) is 35.8 Å². The lowest BCUT2D eigenvalue weighted by Crippen LogP contribution is -2.48. The smallest absolute Gasteiger partial charge is 0.319 e. The van der Waals surface area contributed by atoms with Gasteiger partial charge in [0.2, 0.25) is 5.91 Å². The van der Waals surface area contributed by atoms with Gasteiger partial charge in [0.25, 0.3) is 0 Å². The third-order valence-corrected chi connectivity index (χ3v) is 5.15. The normalized spacial score (nSPS) is 15.6. The third-order valence-electron chi connectivity index (χ3n) is 4.29. The van der Waals surface area contributed by atoms with Crippen molar-refractivity contribution >= 4 is 33.6 Å². The number of rotatable bonds is 6. The van der Waals surface area contributed by atoms with Crippen molar-refractivity contribution in [1.29, 1.82) is 0 Å². The average molecular weight is 411 g/mol. The van der Waals surface area contributed by atoms with Crippen molar-refractivity contribution in [3.63, 3.8) is 0 Å². The highest BCUT2D eigenvalue weighted by molar-refractivity contribution is 9.10. The molecule has 7 heteroatoms. The molecule has 1 aliphatic heterocycles. The minimum atomic E-state index is -0.185. The molecule has 1 aromatic carbocycles. The van der Waals surface area contributed by atoms with E-state index in [0.29, 0.717) is 6.54 Å². The number of amides is 3. The van der Waals surface area contributed by atoms with Crippen LogP contribution >= 0.6 is 15.9 Å². The summed E-state index contributed by atoms with van der Waals surface area (Å²) >= 11 is 3.47. The SMILES string of the molecule is CCCNC(=O)CN1CCC(NC(=O)Nc2ccc(C)c(Br)c2)CC1. The number of likely N-dealkylation sites (tertiary alicyclic amines) is 1. The summed E-state index contributed by atoms with van der Waals surface area (Å²) < 4.78 is 0.972. The number of aryl methyl sites for hydroxylation is 1. The zero-order valence-corrected chi connectivity index (χ0v) is 16.5. The maximum Gasteiger partial charge on any atom is 0.319 e. The van der Waals surface area contributed by atoms with Crippen molar-refractivity contribution in [3.05, 3.63) is 28.2 Å². The number of carbonyl (C=O) groups excluding carboxylic acids is 2. The third kappa shape index (κ3) is 6.66. The van der Waals surface area contributed by atoms with Crippen molar-refractivity contribution in [2.24, 2.45) is 0 Å². The monoisotopic (exact) mass is 410 g/mol. The second-order valence-corrected chi connectivity index (χ2v) is 7.32. The number of nitrogens with one attached hydrogen (secondary N) is 3. The van der Waals surface area contributed by atoms with Crippen LogP contribution < -0.4 is 16.0 Å². The molecule has 0 aromatic heterocycles. The van der Waals surface area contributed by atoms with Crippen LogP contribution in [0.5, 0.6) is 0 Å². The van der Waals surface area contributed by atoms with Gasteiger partial charge in [-0.3, -0.25) is 9.69 Å². The van der Waals surface area contributed by atoms with E-state index in [9.17, 15) is 9.59 Å². The van der Waals surface area contributed by atoms with E-state index < -0.39 is 0 Å². The predicted molar refractivity (Wildman–Crippen MR) is 104 cm³/mol. The topological polar surface area (TPSA) is 73.5 Å². The number of carbonyl (C=O) groups is 2. The highest BCUT2D eigenvalue weighted by atomic mass is 79.9. The lowest BCUT2D eigenvalue weighted by molar-refractivity contribution is -0.122. The van der Waals surface area contributed by atoms with Gasteiger partial charge in [-0.2, -0.15) is 0 Å². The molecule has 138 valence electrons. The van der Waals surface area contributed by atoms with E-state index in [4.69, 9.17) is 0 Å². The van der Waals surface area contributed by atoms with Gasteiger partial charge in [-0.05, 0) is 43.9 Å². The van der Waals surface area contributed by atoms with Gasteiger partial charge >= 0.3 is 6.03 Å². The van der Waals surface area contributed by atoms with E-state index in [2.05, 4.69) is 36.8 Å². The highest BCUT2D eigenvalue weighted by Gasteiger charge is 2.22.